The average Bonchev–Trinajstić information content (AvgIpc) is 2.33. The third-order valence-corrected chi connectivity index (χ3v) is 3.54. The van der Waals surface area contributed by atoms with Crippen molar-refractivity contribution in [1.29, 1.82) is 0 Å². The molecular formula is C10H20N4O4S. The third-order valence-electron chi connectivity index (χ3n) is 2.78. The lowest BCUT2D eigenvalue weighted by Crippen LogP contribution is -2.51. The summed E-state index contributed by atoms with van der Waals surface area (Å²) in [5.41, 5.74) is 5.11. The van der Waals surface area contributed by atoms with E-state index in [0.29, 0.717) is 19.5 Å². The normalized spacial score (nSPS) is 20.1. The van der Waals surface area contributed by atoms with Crippen molar-refractivity contribution in [1.82, 2.24) is 14.9 Å². The highest BCUT2D eigenvalue weighted by Gasteiger charge is 2.25. The predicted molar refractivity (Wildman–Crippen MR) is 69.6 cm³/mol. The molecule has 0 spiro atoms. The number of hydrogen-bond acceptors (Lipinski definition) is 5. The third kappa shape index (κ3) is 5.99. The average molecular weight is 292 g/mol. The Kier molecular flexibility index (Phi) is 5.70. The van der Waals surface area contributed by atoms with Gasteiger partial charge >= 0.3 is 0 Å². The molecule has 1 rings (SSSR count). The van der Waals surface area contributed by atoms with E-state index in [-0.39, 0.29) is 25.0 Å². The van der Waals surface area contributed by atoms with Crippen LogP contribution in [0, 0.1) is 0 Å². The number of nitrogens with two attached hydrogens (primary N) is 1. The van der Waals surface area contributed by atoms with Gasteiger partial charge in [0.15, 0.2) is 0 Å². The van der Waals surface area contributed by atoms with Crippen LogP contribution < -0.4 is 15.8 Å². The van der Waals surface area contributed by atoms with Crippen LogP contribution in [0.2, 0.25) is 0 Å². The molecule has 0 bridgehead atoms. The second-order valence-electron chi connectivity index (χ2n) is 4.55. The molecule has 9 heteroatoms. The summed E-state index contributed by atoms with van der Waals surface area (Å²) in [5.74, 6) is -0.627. The number of rotatable bonds is 5. The molecule has 4 N–H and O–H groups in total. The molecule has 1 heterocycles. The predicted octanol–water partition coefficient (Wildman–Crippen LogP) is -2.40. The van der Waals surface area contributed by atoms with E-state index in [1.807, 2.05) is 0 Å². The molecular weight excluding hydrogens is 272 g/mol. The number of piperidine rings is 1. The molecule has 8 nitrogen and oxygen atoms in total. The highest BCUT2D eigenvalue weighted by Crippen LogP contribution is 2.10. The van der Waals surface area contributed by atoms with Crippen LogP contribution in [0.1, 0.15) is 12.8 Å². The number of hydrogen-bond donors (Lipinski definition) is 3. The van der Waals surface area contributed by atoms with Crippen LogP contribution in [-0.2, 0) is 19.6 Å². The van der Waals surface area contributed by atoms with E-state index in [2.05, 4.69) is 10.0 Å². The minimum Gasteiger partial charge on any atom is -0.346 e. The van der Waals surface area contributed by atoms with Gasteiger partial charge in [-0.1, -0.05) is 0 Å². The molecule has 1 atom stereocenters. The Morgan fingerprint density at radius 3 is 2.68 bits per heavy atom. The van der Waals surface area contributed by atoms with E-state index >= 15 is 0 Å². The van der Waals surface area contributed by atoms with Gasteiger partial charge in [-0.2, -0.15) is 0 Å². The number of nitrogens with zero attached hydrogens (tertiary/aromatic N) is 1. The van der Waals surface area contributed by atoms with Gasteiger partial charge in [-0.05, 0) is 12.8 Å². The standard InChI is InChI=1S/C10H20N4O4S/c1-19(17,18)13-8-3-2-4-14(7-8)10(16)6-12-9(15)5-11/h8,13H,2-7,11H2,1H3,(H,12,15). The Bertz CT molecular complexity index is 437. The summed E-state index contributed by atoms with van der Waals surface area (Å²) in [6.45, 7) is 0.622. The summed E-state index contributed by atoms with van der Waals surface area (Å²) in [4.78, 5) is 24.3. The number of carbonyl (C=O) groups excluding carboxylic acids is 2. The molecule has 0 aromatic heterocycles. The Hall–Kier alpha value is -1.19. The summed E-state index contributed by atoms with van der Waals surface area (Å²) >= 11 is 0. The van der Waals surface area contributed by atoms with Gasteiger partial charge in [0.1, 0.15) is 0 Å². The van der Waals surface area contributed by atoms with Crippen molar-refractivity contribution in [3.8, 4) is 0 Å². The summed E-state index contributed by atoms with van der Waals surface area (Å²) in [6, 6.07) is -0.266. The van der Waals surface area contributed by atoms with Crippen LogP contribution in [0.3, 0.4) is 0 Å². The van der Waals surface area contributed by atoms with Gasteiger partial charge in [0.2, 0.25) is 21.8 Å². The lowest BCUT2D eigenvalue weighted by Gasteiger charge is -2.32. The minimum absolute atomic E-state index is 0.109. The molecule has 2 amide bonds. The summed E-state index contributed by atoms with van der Waals surface area (Å²) in [7, 11) is -3.28. The van der Waals surface area contributed by atoms with Gasteiger partial charge in [-0.3, -0.25) is 9.59 Å². The van der Waals surface area contributed by atoms with Crippen molar-refractivity contribution in [2.45, 2.75) is 18.9 Å². The monoisotopic (exact) mass is 292 g/mol. The Morgan fingerprint density at radius 2 is 2.11 bits per heavy atom. The molecule has 1 unspecified atom stereocenters. The maximum absolute atomic E-state index is 11.8. The molecule has 0 aliphatic carbocycles. The number of sulfonamides is 1. The molecule has 110 valence electrons. The zero-order chi connectivity index (χ0) is 14.5. The maximum Gasteiger partial charge on any atom is 0.242 e. The zero-order valence-corrected chi connectivity index (χ0v) is 11.7. The van der Waals surface area contributed by atoms with Crippen molar-refractivity contribution < 1.29 is 18.0 Å². The molecule has 1 aliphatic heterocycles. The van der Waals surface area contributed by atoms with E-state index < -0.39 is 15.9 Å². The second kappa shape index (κ2) is 6.83. The van der Waals surface area contributed by atoms with Crippen LogP contribution in [0.4, 0.5) is 0 Å². The van der Waals surface area contributed by atoms with Gasteiger partial charge in [0.05, 0.1) is 19.3 Å². The van der Waals surface area contributed by atoms with E-state index in [1.54, 1.807) is 4.90 Å². The van der Waals surface area contributed by atoms with Crippen LogP contribution in [0.5, 0.6) is 0 Å². The highest BCUT2D eigenvalue weighted by molar-refractivity contribution is 7.88. The number of carbonyl (C=O) groups is 2. The fourth-order valence-electron chi connectivity index (χ4n) is 1.96. The fraction of sp³-hybridized carbons (Fsp3) is 0.800. The van der Waals surface area contributed by atoms with E-state index in [1.165, 1.54) is 0 Å². The number of likely N-dealkylation sites (tertiary alicyclic amines) is 1. The quantitative estimate of drug-likeness (QED) is 0.521. The first-order chi connectivity index (χ1) is 8.81. The van der Waals surface area contributed by atoms with E-state index in [4.69, 9.17) is 5.73 Å². The molecule has 19 heavy (non-hydrogen) atoms. The lowest BCUT2D eigenvalue weighted by molar-refractivity contribution is -0.133. The molecule has 0 aromatic rings. The number of nitrogens with one attached hydrogen (secondary N) is 2. The largest absolute Gasteiger partial charge is 0.346 e. The molecule has 1 fully saturated rings. The van der Waals surface area contributed by atoms with Gasteiger partial charge in [-0.25, -0.2) is 13.1 Å². The van der Waals surface area contributed by atoms with Gasteiger partial charge in [-0.15, -0.1) is 0 Å². The lowest BCUT2D eigenvalue weighted by atomic mass is 10.1. The molecule has 0 radical (unpaired) electrons. The topological polar surface area (TPSA) is 122 Å². The second-order valence-corrected chi connectivity index (χ2v) is 6.33. The Labute approximate surface area is 112 Å². The first-order valence-electron chi connectivity index (χ1n) is 6.03. The highest BCUT2D eigenvalue weighted by atomic mass is 32.2. The zero-order valence-electron chi connectivity index (χ0n) is 10.9. The Morgan fingerprint density at radius 1 is 1.42 bits per heavy atom. The van der Waals surface area contributed by atoms with Crippen LogP contribution in [0.15, 0.2) is 0 Å². The first-order valence-corrected chi connectivity index (χ1v) is 7.93. The van der Waals surface area contributed by atoms with Gasteiger partial charge < -0.3 is 16.0 Å². The molecule has 0 aromatic carbocycles. The maximum atomic E-state index is 11.8. The smallest absolute Gasteiger partial charge is 0.242 e. The fourth-order valence-corrected chi connectivity index (χ4v) is 2.76. The molecule has 0 saturated carbocycles. The summed E-state index contributed by atoms with van der Waals surface area (Å²) in [6.07, 6.45) is 2.52. The summed E-state index contributed by atoms with van der Waals surface area (Å²) < 4.78 is 24.8. The minimum atomic E-state index is -3.28. The van der Waals surface area contributed by atoms with Crippen LogP contribution in [0.25, 0.3) is 0 Å². The van der Waals surface area contributed by atoms with Crippen LogP contribution in [-0.4, -0.2) is 63.6 Å². The summed E-state index contributed by atoms with van der Waals surface area (Å²) in [5, 5.41) is 2.40. The van der Waals surface area contributed by atoms with E-state index in [9.17, 15) is 18.0 Å². The Balaban J connectivity index is 2.45. The first kappa shape index (κ1) is 15.9. The SMILES string of the molecule is CS(=O)(=O)NC1CCCN(C(=O)CNC(=O)CN)C1. The van der Waals surface area contributed by atoms with Crippen molar-refractivity contribution in [2.75, 3.05) is 32.4 Å². The van der Waals surface area contributed by atoms with Gasteiger partial charge in [0, 0.05) is 19.1 Å². The van der Waals surface area contributed by atoms with Crippen molar-refractivity contribution >= 4 is 21.8 Å². The van der Waals surface area contributed by atoms with Crippen molar-refractivity contribution in [3.63, 3.8) is 0 Å². The molecule has 1 saturated heterocycles. The molecule has 1 aliphatic rings. The number of amides is 2. The van der Waals surface area contributed by atoms with Crippen molar-refractivity contribution in [2.24, 2.45) is 5.73 Å². The van der Waals surface area contributed by atoms with E-state index in [0.717, 1.165) is 12.7 Å². The van der Waals surface area contributed by atoms with Crippen LogP contribution >= 0.6 is 0 Å². The van der Waals surface area contributed by atoms with Gasteiger partial charge in [0.25, 0.3) is 0 Å². The van der Waals surface area contributed by atoms with Crippen molar-refractivity contribution in [3.05, 3.63) is 0 Å².